The lowest BCUT2D eigenvalue weighted by atomic mass is 9.55. The van der Waals surface area contributed by atoms with Crippen LogP contribution in [0.25, 0.3) is 5.76 Å². The molecule has 1 aromatic rings. The van der Waals surface area contributed by atoms with Crippen molar-refractivity contribution in [3.05, 3.63) is 46.2 Å². The van der Waals surface area contributed by atoms with Crippen LogP contribution in [0.5, 0.6) is 5.75 Å². The van der Waals surface area contributed by atoms with E-state index in [9.17, 15) is 45.0 Å². The monoisotopic (exact) mass is 446 g/mol. The van der Waals surface area contributed by atoms with Crippen LogP contribution < -0.4 is 5.73 Å². The van der Waals surface area contributed by atoms with Crippen LogP contribution in [-0.2, 0) is 14.4 Å². The normalized spacial score (nSPS) is 34.4. The van der Waals surface area contributed by atoms with Gasteiger partial charge in [0.25, 0.3) is 5.91 Å². The summed E-state index contributed by atoms with van der Waals surface area (Å²) in [6, 6.07) is 2.50. The summed E-state index contributed by atoms with van der Waals surface area (Å²) in [6.45, 7) is 0. The van der Waals surface area contributed by atoms with Crippen molar-refractivity contribution in [3.8, 4) is 5.75 Å². The Labute approximate surface area is 181 Å². The largest absolute Gasteiger partial charge is 0.508 e. The van der Waals surface area contributed by atoms with Crippen LogP contribution in [0.1, 0.15) is 17.2 Å². The van der Waals surface area contributed by atoms with Crippen LogP contribution in [0, 0.1) is 11.8 Å². The second kappa shape index (κ2) is 6.87. The molecule has 32 heavy (non-hydrogen) atoms. The maximum absolute atomic E-state index is 13.5. The number of carbonyl (C=O) groups is 3. The van der Waals surface area contributed by atoms with Crippen molar-refractivity contribution in [3.63, 3.8) is 0 Å². The molecule has 8 N–H and O–H groups in total. The summed E-state index contributed by atoms with van der Waals surface area (Å²) in [5.41, 5.74) is 0.311. The number of fused-ring (bicyclic) bond motifs is 3. The highest BCUT2D eigenvalue weighted by molar-refractivity contribution is 6.24. The lowest BCUT2D eigenvalue weighted by molar-refractivity contribution is -0.174. The number of likely N-dealkylation sites (N-methyl/N-ethyl adjacent to an activating group) is 1. The molecule has 6 atom stereocenters. The van der Waals surface area contributed by atoms with Gasteiger partial charge in [0.1, 0.15) is 22.8 Å². The summed E-state index contributed by atoms with van der Waals surface area (Å²) in [5, 5.41) is 65.3. The number of rotatable bonds is 2. The van der Waals surface area contributed by atoms with Gasteiger partial charge in [0.05, 0.1) is 29.7 Å². The maximum atomic E-state index is 13.5. The zero-order chi connectivity index (χ0) is 23.9. The van der Waals surface area contributed by atoms with Gasteiger partial charge in [0.15, 0.2) is 11.4 Å². The van der Waals surface area contributed by atoms with Gasteiger partial charge < -0.3 is 36.4 Å². The highest BCUT2D eigenvalue weighted by Gasteiger charge is 2.68. The van der Waals surface area contributed by atoms with Crippen molar-refractivity contribution in [1.29, 1.82) is 0 Å². The molecule has 3 aliphatic carbocycles. The predicted molar refractivity (Wildman–Crippen MR) is 107 cm³/mol. The van der Waals surface area contributed by atoms with E-state index in [-0.39, 0.29) is 11.1 Å². The number of aliphatic hydroxyl groups excluding tert-OH is 4. The molecule has 11 heteroatoms. The lowest BCUT2D eigenvalue weighted by Crippen LogP contribution is -2.70. The van der Waals surface area contributed by atoms with Crippen molar-refractivity contribution < 1.29 is 45.0 Å². The number of nitrogens with zero attached hydrogens (tertiary/aromatic N) is 1. The molecule has 0 radical (unpaired) electrons. The third-order valence-corrected chi connectivity index (χ3v) is 6.62. The molecule has 0 aliphatic heterocycles. The number of phenols is 1. The summed E-state index contributed by atoms with van der Waals surface area (Å²) in [4.78, 5) is 39.7. The third-order valence-electron chi connectivity index (χ3n) is 6.62. The van der Waals surface area contributed by atoms with Crippen LogP contribution in [-0.4, -0.2) is 84.9 Å². The van der Waals surface area contributed by atoms with E-state index in [0.717, 1.165) is 0 Å². The van der Waals surface area contributed by atoms with E-state index in [2.05, 4.69) is 0 Å². The second-order valence-electron chi connectivity index (χ2n) is 8.45. The molecule has 1 fully saturated rings. The first-order valence-corrected chi connectivity index (χ1v) is 9.70. The van der Waals surface area contributed by atoms with Gasteiger partial charge in [-0.05, 0) is 25.7 Å². The average molecular weight is 446 g/mol. The highest BCUT2D eigenvalue weighted by atomic mass is 16.4. The Hall–Kier alpha value is -3.25. The topological polar surface area (TPSA) is 202 Å². The minimum absolute atomic E-state index is 0.0228. The van der Waals surface area contributed by atoms with Gasteiger partial charge in [-0.2, -0.15) is 0 Å². The quantitative estimate of drug-likeness (QED) is 0.260. The Bertz CT molecular complexity index is 1140. The smallest absolute Gasteiger partial charge is 0.255 e. The fourth-order valence-electron chi connectivity index (χ4n) is 5.24. The molecule has 170 valence electrons. The summed E-state index contributed by atoms with van der Waals surface area (Å²) in [7, 11) is 2.79. The zero-order valence-electron chi connectivity index (χ0n) is 17.1. The summed E-state index contributed by atoms with van der Waals surface area (Å²) in [5.74, 6) is -9.56. The molecular weight excluding hydrogens is 424 g/mol. The van der Waals surface area contributed by atoms with Gasteiger partial charge in [0.2, 0.25) is 5.78 Å². The van der Waals surface area contributed by atoms with Crippen LogP contribution in [0.3, 0.4) is 0 Å². The van der Waals surface area contributed by atoms with Crippen LogP contribution in [0.2, 0.25) is 0 Å². The van der Waals surface area contributed by atoms with Gasteiger partial charge in [-0.1, -0.05) is 12.1 Å². The number of primary amides is 1. The molecule has 0 spiro atoms. The summed E-state index contributed by atoms with van der Waals surface area (Å²) in [6.07, 6.45) is -3.44. The SMILES string of the molecule is CN(C)[C@@H]1C(=O)C(C(N)=O)=C(O)[C@@]2(O)C(=O)C3=C(O)c4c(O)cccc4[C@H](O)C3C(O)C12. The Morgan fingerprint density at radius 1 is 1.12 bits per heavy atom. The van der Waals surface area contributed by atoms with Crippen LogP contribution in [0.15, 0.2) is 35.1 Å². The van der Waals surface area contributed by atoms with Gasteiger partial charge >= 0.3 is 0 Å². The molecule has 1 saturated carbocycles. The molecule has 3 aliphatic rings. The first-order chi connectivity index (χ1) is 14.9. The Morgan fingerprint density at radius 3 is 2.31 bits per heavy atom. The number of amides is 1. The van der Waals surface area contributed by atoms with Gasteiger partial charge in [-0.3, -0.25) is 19.3 Å². The molecule has 0 heterocycles. The number of hydrogen-bond donors (Lipinski definition) is 7. The van der Waals surface area contributed by atoms with E-state index in [0.29, 0.717) is 0 Å². The molecular formula is C21H22N2O9. The van der Waals surface area contributed by atoms with E-state index in [1.165, 1.54) is 37.2 Å². The van der Waals surface area contributed by atoms with Crippen molar-refractivity contribution in [2.75, 3.05) is 14.1 Å². The Balaban J connectivity index is 2.07. The fraction of sp³-hybridized carbons (Fsp3) is 0.381. The standard InChI is InChI=1S/C21H22N2O9/c1-23(2)13-12-16(27)9-10(15(26)8-6(14(9)25)4-3-5-7(8)24)18(29)21(12,32)19(30)11(17(13)28)20(22)31/h3-5,9,12-14,16,24-27,30,32H,1-2H3,(H2,22,31)/t9?,12?,13-,14-,16?,21-/m0/s1. The van der Waals surface area contributed by atoms with E-state index >= 15 is 0 Å². The molecule has 3 unspecified atom stereocenters. The maximum Gasteiger partial charge on any atom is 0.255 e. The van der Waals surface area contributed by atoms with E-state index in [1.807, 2.05) is 0 Å². The first kappa shape index (κ1) is 22.0. The number of ketones is 2. The first-order valence-electron chi connectivity index (χ1n) is 9.70. The number of hydrogen-bond acceptors (Lipinski definition) is 10. The zero-order valence-corrected chi connectivity index (χ0v) is 17.1. The molecule has 1 aromatic carbocycles. The number of carbonyl (C=O) groups excluding carboxylic acids is 3. The van der Waals surface area contributed by atoms with Crippen molar-refractivity contribution in [2.45, 2.75) is 23.9 Å². The van der Waals surface area contributed by atoms with Crippen molar-refractivity contribution in [1.82, 2.24) is 4.90 Å². The van der Waals surface area contributed by atoms with Crippen LogP contribution in [0.4, 0.5) is 0 Å². The number of benzene rings is 1. The van der Waals surface area contributed by atoms with E-state index in [1.54, 1.807) is 0 Å². The Kier molecular flexibility index (Phi) is 4.72. The lowest BCUT2D eigenvalue weighted by Gasteiger charge is -2.53. The molecule has 0 saturated heterocycles. The number of Topliss-reactive ketones (excluding diaryl/α,β-unsaturated/α-hetero) is 2. The van der Waals surface area contributed by atoms with Gasteiger partial charge in [-0.25, -0.2) is 0 Å². The number of aromatic hydroxyl groups is 1. The highest BCUT2D eigenvalue weighted by Crippen LogP contribution is 2.55. The molecule has 4 rings (SSSR count). The summed E-state index contributed by atoms with van der Waals surface area (Å²) < 4.78 is 0. The minimum Gasteiger partial charge on any atom is -0.508 e. The minimum atomic E-state index is -3.01. The van der Waals surface area contributed by atoms with Crippen molar-refractivity contribution >= 4 is 23.2 Å². The van der Waals surface area contributed by atoms with Crippen LogP contribution >= 0.6 is 0 Å². The Morgan fingerprint density at radius 2 is 1.75 bits per heavy atom. The molecule has 11 nitrogen and oxygen atoms in total. The van der Waals surface area contributed by atoms with Gasteiger partial charge in [-0.15, -0.1) is 0 Å². The third kappa shape index (κ3) is 2.47. The van der Waals surface area contributed by atoms with E-state index < -0.39 is 81.6 Å². The van der Waals surface area contributed by atoms with Crippen molar-refractivity contribution in [2.24, 2.45) is 17.6 Å². The predicted octanol–water partition coefficient (Wildman–Crippen LogP) is -1.57. The average Bonchev–Trinajstić information content (AvgIpc) is 2.70. The molecule has 1 amide bonds. The number of nitrogens with two attached hydrogens (primary N) is 1. The fourth-order valence-corrected chi connectivity index (χ4v) is 5.24. The molecule has 0 bridgehead atoms. The summed E-state index contributed by atoms with van der Waals surface area (Å²) >= 11 is 0. The second-order valence-corrected chi connectivity index (χ2v) is 8.45. The molecule has 0 aromatic heterocycles. The number of aliphatic hydroxyl groups is 5. The number of phenolic OH excluding ortho intramolecular Hbond substituents is 1. The van der Waals surface area contributed by atoms with Gasteiger partial charge in [0, 0.05) is 11.5 Å². The van der Waals surface area contributed by atoms with E-state index in [4.69, 9.17) is 5.73 Å².